The minimum absolute atomic E-state index is 0.122. The summed E-state index contributed by atoms with van der Waals surface area (Å²) < 4.78 is 35.1. The fraction of sp³-hybridized carbons (Fsp3) is 0.405. The van der Waals surface area contributed by atoms with Gasteiger partial charge in [-0.3, -0.25) is 4.57 Å². The first kappa shape index (κ1) is 42.0. The molecule has 0 bridgehead atoms. The summed E-state index contributed by atoms with van der Waals surface area (Å²) in [4.78, 5) is 16.4. The second-order valence-electron chi connectivity index (χ2n) is 12.2. The quantitative estimate of drug-likeness (QED) is 0.0738. The highest BCUT2D eigenvalue weighted by Crippen LogP contribution is 2.33. The predicted octanol–water partition coefficient (Wildman–Crippen LogP) is 6.80. The van der Waals surface area contributed by atoms with Crippen molar-refractivity contribution >= 4 is 41.3 Å². The van der Waals surface area contributed by atoms with Gasteiger partial charge in [0, 0.05) is 75.0 Å². The molecule has 0 spiro atoms. The Labute approximate surface area is 315 Å². The predicted molar refractivity (Wildman–Crippen MR) is 207 cm³/mol. The van der Waals surface area contributed by atoms with E-state index in [0.29, 0.717) is 52.6 Å². The lowest BCUT2D eigenvalue weighted by Gasteiger charge is -2.26. The third kappa shape index (κ3) is 13.0. The minimum atomic E-state index is -0.642. The number of ether oxygens (including phenoxy) is 3. The minimum Gasteiger partial charge on any atom is -0.491 e. The maximum Gasteiger partial charge on any atom is 0.350 e. The van der Waals surface area contributed by atoms with Gasteiger partial charge in [0.1, 0.15) is 30.6 Å². The zero-order chi connectivity index (χ0) is 38.2. The Bertz CT molecular complexity index is 1710. The van der Waals surface area contributed by atoms with Gasteiger partial charge in [0.2, 0.25) is 0 Å². The van der Waals surface area contributed by atoms with Crippen LogP contribution in [0.2, 0.25) is 10.0 Å². The van der Waals surface area contributed by atoms with Crippen LogP contribution in [0.3, 0.4) is 0 Å². The normalized spacial score (nSPS) is 17.5. The fourth-order valence-electron chi connectivity index (χ4n) is 5.23. The van der Waals surface area contributed by atoms with Crippen molar-refractivity contribution in [3.8, 4) is 0 Å². The zero-order valence-electron chi connectivity index (χ0n) is 30.1. The molecule has 2 aromatic rings. The Morgan fingerprint density at radius 1 is 1.17 bits per heavy atom. The highest BCUT2D eigenvalue weighted by Gasteiger charge is 2.29. The van der Waals surface area contributed by atoms with Crippen molar-refractivity contribution in [1.29, 1.82) is 5.41 Å². The molecule has 282 valence electrons. The summed E-state index contributed by atoms with van der Waals surface area (Å²) in [6.45, 7) is 17.8. The summed E-state index contributed by atoms with van der Waals surface area (Å²) in [5.74, 6) is 0.0630. The van der Waals surface area contributed by atoms with Gasteiger partial charge in [-0.25, -0.2) is 13.9 Å². The average Bonchev–Trinajstić information content (AvgIpc) is 3.90. The summed E-state index contributed by atoms with van der Waals surface area (Å²) in [7, 11) is 5.30. The van der Waals surface area contributed by atoms with Crippen LogP contribution >= 0.6 is 23.2 Å². The summed E-state index contributed by atoms with van der Waals surface area (Å²) in [5.41, 5.74) is 4.33. The molecule has 2 fully saturated rings. The topological polar surface area (TPSA) is 122 Å². The molecule has 52 heavy (non-hydrogen) atoms. The first-order valence-electron chi connectivity index (χ1n) is 16.8. The van der Waals surface area contributed by atoms with E-state index < -0.39 is 12.1 Å². The first-order valence-corrected chi connectivity index (χ1v) is 17.5. The Morgan fingerprint density at radius 2 is 1.88 bits per heavy atom. The third-order valence-electron chi connectivity index (χ3n) is 8.40. The smallest absolute Gasteiger partial charge is 0.350 e. The van der Waals surface area contributed by atoms with E-state index in [2.05, 4.69) is 41.9 Å². The number of rotatable bonds is 18. The molecule has 0 radical (unpaired) electrons. The second kappa shape index (κ2) is 21.2. The van der Waals surface area contributed by atoms with E-state index in [0.717, 1.165) is 19.1 Å². The van der Waals surface area contributed by atoms with Gasteiger partial charge in [-0.2, -0.15) is 10.2 Å². The lowest BCUT2D eigenvalue weighted by molar-refractivity contribution is -0.0691. The van der Waals surface area contributed by atoms with Crippen LogP contribution in [0.1, 0.15) is 37.5 Å². The molecule has 1 aromatic heterocycles. The molecule has 15 heteroatoms. The van der Waals surface area contributed by atoms with Gasteiger partial charge in [0.15, 0.2) is 6.29 Å². The lowest BCUT2D eigenvalue weighted by Crippen LogP contribution is -2.29. The van der Waals surface area contributed by atoms with Crippen molar-refractivity contribution < 1.29 is 18.6 Å². The van der Waals surface area contributed by atoms with Crippen molar-refractivity contribution in [3.05, 3.63) is 118 Å². The van der Waals surface area contributed by atoms with Gasteiger partial charge in [-0.1, -0.05) is 68.4 Å². The molecule has 1 saturated heterocycles. The third-order valence-corrected chi connectivity index (χ3v) is 8.96. The van der Waals surface area contributed by atoms with E-state index in [9.17, 15) is 9.18 Å². The number of aromatic nitrogens is 3. The molecule has 1 saturated carbocycles. The van der Waals surface area contributed by atoms with Crippen LogP contribution in [-0.2, 0) is 20.8 Å². The van der Waals surface area contributed by atoms with Crippen molar-refractivity contribution in [3.63, 3.8) is 0 Å². The maximum atomic E-state index is 15.0. The summed E-state index contributed by atoms with van der Waals surface area (Å²) in [6.07, 6.45) is 12.3. The van der Waals surface area contributed by atoms with Gasteiger partial charge in [-0.05, 0) is 43.0 Å². The number of nitrogens with zero attached hydrogens (tertiary/aromatic N) is 6. The standard InChI is InChI=1S/C34H42Cl2FN5O4.C3H7N3/c1-23(11-12-24(2)41-22-38-42(34(41)43)19-27-9-7-8-10-27)39(5)15-16-40(6)26(4)32(37)17-25(3)44-20-29-21-45-33(46-29)30-14-13-28(35)18-31(30)36;1-5-6-3-2-4/h11-14,17-18,22,27,29,33H,1-4,7-10,15-16,19-21H2,5-6H3;2-5H,1H3/b12-11-,32-17+;4-2?,6-3-/t29-,33?;/m1./s1. The van der Waals surface area contributed by atoms with Gasteiger partial charge >= 0.3 is 5.69 Å². The van der Waals surface area contributed by atoms with Crippen LogP contribution in [0.4, 0.5) is 4.39 Å². The van der Waals surface area contributed by atoms with Crippen LogP contribution < -0.4 is 11.1 Å². The van der Waals surface area contributed by atoms with E-state index in [4.69, 9.17) is 42.8 Å². The van der Waals surface area contributed by atoms with E-state index in [-0.39, 0.29) is 36.5 Å². The Hall–Kier alpha value is -4.43. The van der Waals surface area contributed by atoms with Crippen molar-refractivity contribution in [2.45, 2.75) is 44.6 Å². The molecule has 2 atom stereocenters. The first-order chi connectivity index (χ1) is 24.8. The molecule has 0 amide bonds. The Kier molecular flexibility index (Phi) is 17.1. The largest absolute Gasteiger partial charge is 0.491 e. The molecular formula is C37H49Cl2FN8O4. The molecular weight excluding hydrogens is 710 g/mol. The number of allylic oxidation sites excluding steroid dienone is 5. The molecule has 2 N–H and O–H groups in total. The van der Waals surface area contributed by atoms with Gasteiger partial charge in [-0.15, -0.1) is 0 Å². The Morgan fingerprint density at radius 3 is 2.54 bits per heavy atom. The number of hydrogen-bond acceptors (Lipinski definition) is 10. The molecule has 12 nitrogen and oxygen atoms in total. The molecule has 1 aliphatic heterocycles. The summed E-state index contributed by atoms with van der Waals surface area (Å²) >= 11 is 12.2. The van der Waals surface area contributed by atoms with Gasteiger partial charge in [0.05, 0.1) is 23.5 Å². The Balaban J connectivity index is 0.00000112. The van der Waals surface area contributed by atoms with Crippen molar-refractivity contribution in [2.75, 3.05) is 47.4 Å². The maximum absolute atomic E-state index is 15.0. The average molecular weight is 760 g/mol. The molecule has 1 aromatic carbocycles. The molecule has 1 unspecified atom stereocenters. The van der Waals surface area contributed by atoms with Crippen LogP contribution in [0.15, 0.2) is 102 Å². The number of halogens is 3. The van der Waals surface area contributed by atoms with Crippen LogP contribution in [0.25, 0.3) is 5.70 Å². The van der Waals surface area contributed by atoms with Crippen LogP contribution in [0, 0.1) is 11.3 Å². The zero-order valence-corrected chi connectivity index (χ0v) is 31.6. The monoisotopic (exact) mass is 758 g/mol. The van der Waals surface area contributed by atoms with Gasteiger partial charge < -0.3 is 34.8 Å². The number of likely N-dealkylation sites (N-methyl/N-ethyl adjacent to an activating group) is 2. The van der Waals surface area contributed by atoms with Crippen LogP contribution in [-0.4, -0.2) is 90.1 Å². The highest BCUT2D eigenvalue weighted by molar-refractivity contribution is 6.35. The molecule has 1 aliphatic carbocycles. The van der Waals surface area contributed by atoms with E-state index in [1.165, 1.54) is 40.7 Å². The van der Waals surface area contributed by atoms with E-state index in [1.54, 1.807) is 49.3 Å². The van der Waals surface area contributed by atoms with Crippen molar-refractivity contribution in [2.24, 2.45) is 11.0 Å². The number of hydrogen-bond donors (Lipinski definition) is 2. The molecule has 4 rings (SSSR count). The van der Waals surface area contributed by atoms with E-state index >= 15 is 0 Å². The van der Waals surface area contributed by atoms with Gasteiger partial charge in [0.25, 0.3) is 0 Å². The SMILES string of the molecule is C=C(/C=C(/F)C(=C)N(C)CCN(C)C(=C)/C=C\C(=C)n1cnn(CC2CCCC2)c1=O)OC[C@@H]1COC(c2ccc(Cl)cc2Cl)O1.CN/N=C\C=N. The fourth-order valence-corrected chi connectivity index (χ4v) is 5.72. The van der Waals surface area contributed by atoms with E-state index in [1.807, 2.05) is 11.9 Å². The number of nitrogens with one attached hydrogen (secondary N) is 2. The molecule has 2 aliphatic rings. The highest BCUT2D eigenvalue weighted by atomic mass is 35.5. The lowest BCUT2D eigenvalue weighted by atomic mass is 10.1. The van der Waals surface area contributed by atoms with Crippen LogP contribution in [0.5, 0.6) is 0 Å². The summed E-state index contributed by atoms with van der Waals surface area (Å²) in [6, 6.07) is 5.08. The molecule has 2 heterocycles. The summed E-state index contributed by atoms with van der Waals surface area (Å²) in [5, 5.41) is 15.1. The number of hydrazone groups is 1. The number of benzene rings is 1. The second-order valence-corrected chi connectivity index (χ2v) is 13.1. The van der Waals surface area contributed by atoms with Crippen molar-refractivity contribution in [1.82, 2.24) is 29.6 Å².